The van der Waals surface area contributed by atoms with E-state index < -0.39 is 0 Å². The largest absolute Gasteiger partial charge is 0.327 e. The predicted molar refractivity (Wildman–Crippen MR) is 77.4 cm³/mol. The molecule has 0 spiro atoms. The van der Waals surface area contributed by atoms with E-state index in [-0.39, 0.29) is 11.6 Å². The molecule has 1 aromatic heterocycles. The maximum Gasteiger partial charge on any atom is 0.251 e. The summed E-state index contributed by atoms with van der Waals surface area (Å²) in [6.07, 6.45) is 3.38. The van der Waals surface area contributed by atoms with Crippen LogP contribution in [0, 0.1) is 0 Å². The number of aromatic amines is 1. The molecule has 1 atom stereocenters. The number of rotatable bonds is 5. The van der Waals surface area contributed by atoms with Gasteiger partial charge in [0.25, 0.3) is 5.56 Å². The summed E-state index contributed by atoms with van der Waals surface area (Å²) in [5.41, 5.74) is 7.02. The molecule has 0 saturated heterocycles. The Morgan fingerprint density at radius 2 is 2.05 bits per heavy atom. The summed E-state index contributed by atoms with van der Waals surface area (Å²) in [5.74, 6) is 0. The molecule has 0 radical (unpaired) electrons. The monoisotopic (exact) mass is 275 g/mol. The fraction of sp³-hybridized carbons (Fsp3) is 0.286. The van der Waals surface area contributed by atoms with Gasteiger partial charge in [-0.1, -0.05) is 30.8 Å². The van der Waals surface area contributed by atoms with E-state index in [1.807, 2.05) is 12.1 Å². The Morgan fingerprint density at radius 3 is 2.68 bits per heavy atom. The Kier molecular flexibility index (Phi) is 4.76. The van der Waals surface area contributed by atoms with E-state index in [0.717, 1.165) is 17.7 Å². The van der Waals surface area contributed by atoms with Crippen LogP contribution in [0.1, 0.15) is 18.9 Å². The molecule has 100 valence electrons. The smallest absolute Gasteiger partial charge is 0.251 e. The third-order valence-corrected chi connectivity index (χ3v) is 3.72. The van der Waals surface area contributed by atoms with Crippen molar-refractivity contribution in [3.05, 3.63) is 52.4 Å². The molecule has 1 heterocycles. The summed E-state index contributed by atoms with van der Waals surface area (Å²) < 4.78 is 0. The van der Waals surface area contributed by atoms with Crippen molar-refractivity contribution in [1.82, 2.24) is 9.97 Å². The zero-order valence-electron chi connectivity index (χ0n) is 10.8. The quantitative estimate of drug-likeness (QED) is 0.821. The summed E-state index contributed by atoms with van der Waals surface area (Å²) in [4.78, 5) is 19.0. The Morgan fingerprint density at radius 1 is 1.32 bits per heavy atom. The molecule has 19 heavy (non-hydrogen) atoms. The molecule has 0 aliphatic heterocycles. The molecule has 0 aliphatic carbocycles. The molecule has 2 rings (SSSR count). The van der Waals surface area contributed by atoms with Crippen LogP contribution in [0.15, 0.2) is 51.4 Å². The average Bonchev–Trinajstić information content (AvgIpc) is 2.41. The molecule has 0 aliphatic rings. The number of aromatic nitrogens is 2. The van der Waals surface area contributed by atoms with Gasteiger partial charge in [-0.15, -0.1) is 0 Å². The zero-order valence-corrected chi connectivity index (χ0v) is 11.6. The third-order valence-electron chi connectivity index (χ3n) is 2.81. The van der Waals surface area contributed by atoms with Gasteiger partial charge in [0.2, 0.25) is 0 Å². The molecule has 0 saturated carbocycles. The van der Waals surface area contributed by atoms with Gasteiger partial charge >= 0.3 is 0 Å². The number of benzene rings is 1. The highest BCUT2D eigenvalue weighted by Crippen LogP contribution is 2.23. The van der Waals surface area contributed by atoms with Crippen molar-refractivity contribution in [2.24, 2.45) is 5.73 Å². The minimum absolute atomic E-state index is 0.136. The molecule has 1 aromatic carbocycles. The molecule has 3 N–H and O–H groups in total. The van der Waals surface area contributed by atoms with E-state index >= 15 is 0 Å². The van der Waals surface area contributed by atoms with Gasteiger partial charge in [0.1, 0.15) is 0 Å². The van der Waals surface area contributed by atoms with Crippen molar-refractivity contribution in [2.75, 3.05) is 0 Å². The maximum absolute atomic E-state index is 11.2. The number of H-pyrrole nitrogens is 1. The first-order chi connectivity index (χ1) is 9.17. The fourth-order valence-electron chi connectivity index (χ4n) is 1.66. The normalized spacial score (nSPS) is 12.3. The van der Waals surface area contributed by atoms with Crippen LogP contribution in [-0.4, -0.2) is 16.0 Å². The van der Waals surface area contributed by atoms with Gasteiger partial charge in [0.05, 0.1) is 0 Å². The Balaban J connectivity index is 2.04. The first kappa shape index (κ1) is 13.8. The van der Waals surface area contributed by atoms with Gasteiger partial charge in [-0.25, -0.2) is 4.98 Å². The first-order valence-corrected chi connectivity index (χ1v) is 7.06. The number of hydrogen-bond acceptors (Lipinski definition) is 4. The van der Waals surface area contributed by atoms with Gasteiger partial charge in [-0.05, 0) is 30.5 Å². The van der Waals surface area contributed by atoms with E-state index in [4.69, 9.17) is 5.73 Å². The standard InChI is InChI=1S/C14H17N3OS/c1-2-11(15)9-10-3-5-12(6-4-10)19-14-16-8-7-13(18)17-14/h3-8,11H,2,9,15H2,1H3,(H,16,17,18). The molecule has 1 unspecified atom stereocenters. The highest BCUT2D eigenvalue weighted by atomic mass is 32.2. The van der Waals surface area contributed by atoms with Crippen molar-refractivity contribution < 1.29 is 0 Å². The highest BCUT2D eigenvalue weighted by molar-refractivity contribution is 7.99. The van der Waals surface area contributed by atoms with E-state index in [0.29, 0.717) is 5.16 Å². The van der Waals surface area contributed by atoms with Crippen molar-refractivity contribution in [1.29, 1.82) is 0 Å². The Labute approximate surface area is 116 Å². The highest BCUT2D eigenvalue weighted by Gasteiger charge is 2.03. The van der Waals surface area contributed by atoms with Gasteiger partial charge in [-0.2, -0.15) is 0 Å². The van der Waals surface area contributed by atoms with Crippen LogP contribution in [0.2, 0.25) is 0 Å². The molecule has 0 amide bonds. The predicted octanol–water partition coefficient (Wildman–Crippen LogP) is 2.20. The second kappa shape index (κ2) is 6.54. The number of nitrogens with zero attached hydrogens (tertiary/aromatic N) is 1. The van der Waals surface area contributed by atoms with Crippen LogP contribution in [0.4, 0.5) is 0 Å². The molecule has 2 aromatic rings. The van der Waals surface area contributed by atoms with Crippen molar-refractivity contribution in [3.63, 3.8) is 0 Å². The minimum atomic E-state index is -0.136. The molecule has 5 heteroatoms. The Hall–Kier alpha value is -1.59. The third kappa shape index (κ3) is 4.22. The maximum atomic E-state index is 11.2. The number of nitrogens with two attached hydrogens (primary N) is 1. The van der Waals surface area contributed by atoms with Crippen LogP contribution < -0.4 is 11.3 Å². The summed E-state index contributed by atoms with van der Waals surface area (Å²) in [6, 6.07) is 9.80. The lowest BCUT2D eigenvalue weighted by molar-refractivity contribution is 0.646. The van der Waals surface area contributed by atoms with E-state index in [1.165, 1.54) is 29.6 Å². The van der Waals surface area contributed by atoms with Crippen molar-refractivity contribution in [3.8, 4) is 0 Å². The molecule has 4 nitrogen and oxygen atoms in total. The minimum Gasteiger partial charge on any atom is -0.327 e. The van der Waals surface area contributed by atoms with Crippen molar-refractivity contribution in [2.45, 2.75) is 35.9 Å². The number of nitrogens with one attached hydrogen (secondary N) is 1. The summed E-state index contributed by atoms with van der Waals surface area (Å²) in [7, 11) is 0. The Bertz CT molecular complexity index is 580. The summed E-state index contributed by atoms with van der Waals surface area (Å²) in [5, 5.41) is 0.602. The van der Waals surface area contributed by atoms with Crippen molar-refractivity contribution >= 4 is 11.8 Å². The molecular weight excluding hydrogens is 258 g/mol. The van der Waals surface area contributed by atoms with Gasteiger partial charge in [0.15, 0.2) is 5.16 Å². The fourth-order valence-corrected chi connectivity index (χ4v) is 2.42. The van der Waals surface area contributed by atoms with Crippen LogP contribution in [-0.2, 0) is 6.42 Å². The van der Waals surface area contributed by atoms with Crippen LogP contribution in [0.3, 0.4) is 0 Å². The molecule has 0 bridgehead atoms. The lowest BCUT2D eigenvalue weighted by atomic mass is 10.1. The SMILES string of the molecule is CCC(N)Cc1ccc(Sc2nccc(=O)[nH]2)cc1. The van der Waals surface area contributed by atoms with Gasteiger partial charge in [0, 0.05) is 23.2 Å². The number of hydrogen-bond donors (Lipinski definition) is 2. The lowest BCUT2D eigenvalue weighted by Crippen LogP contribution is -2.21. The first-order valence-electron chi connectivity index (χ1n) is 6.25. The van der Waals surface area contributed by atoms with Crippen LogP contribution in [0.25, 0.3) is 0 Å². The van der Waals surface area contributed by atoms with E-state index in [9.17, 15) is 4.79 Å². The molecule has 0 fully saturated rings. The van der Waals surface area contributed by atoms with Gasteiger partial charge < -0.3 is 10.7 Å². The molecular formula is C14H17N3OS. The van der Waals surface area contributed by atoms with Crippen LogP contribution >= 0.6 is 11.8 Å². The van der Waals surface area contributed by atoms with E-state index in [2.05, 4.69) is 29.0 Å². The topological polar surface area (TPSA) is 71.8 Å². The summed E-state index contributed by atoms with van der Waals surface area (Å²) in [6.45, 7) is 2.09. The second-order valence-electron chi connectivity index (χ2n) is 4.36. The van der Waals surface area contributed by atoms with Gasteiger partial charge in [-0.3, -0.25) is 4.79 Å². The summed E-state index contributed by atoms with van der Waals surface area (Å²) >= 11 is 1.44. The average molecular weight is 275 g/mol. The lowest BCUT2D eigenvalue weighted by Gasteiger charge is -2.08. The second-order valence-corrected chi connectivity index (χ2v) is 5.42. The van der Waals surface area contributed by atoms with Crippen LogP contribution in [0.5, 0.6) is 0 Å². The van der Waals surface area contributed by atoms with E-state index in [1.54, 1.807) is 0 Å². The zero-order chi connectivity index (χ0) is 13.7.